The molecule has 3 atom stereocenters. The van der Waals surface area contributed by atoms with Crippen molar-refractivity contribution in [1.82, 2.24) is 5.32 Å². The number of phenolic OH excluding ortho intramolecular Hbond substituents is 1. The number of benzene rings is 1. The van der Waals surface area contributed by atoms with E-state index in [9.17, 15) is 15.0 Å². The molecule has 0 aromatic heterocycles. The van der Waals surface area contributed by atoms with Crippen molar-refractivity contribution >= 4 is 5.91 Å². The number of allylic oxidation sites excluding steroid dienone is 1. The second-order valence-corrected chi connectivity index (χ2v) is 11.2. The molecule has 3 rings (SSSR count). The van der Waals surface area contributed by atoms with Crippen molar-refractivity contribution in [3.05, 3.63) is 34.9 Å². The van der Waals surface area contributed by atoms with Gasteiger partial charge in [0, 0.05) is 29.5 Å². The summed E-state index contributed by atoms with van der Waals surface area (Å²) < 4.78 is 6.49. The van der Waals surface area contributed by atoms with E-state index in [1.165, 1.54) is 19.3 Å². The van der Waals surface area contributed by atoms with Crippen molar-refractivity contribution in [3.8, 4) is 11.5 Å². The SMILES string of the molecule is CCCCCCC(C)(C)c1cc(O)c2c(c1)OC(C)(C)[C@@H]1CC=C(C(=O)NC[C@H](O)CO)C[C@@H]21. The molecule has 1 aliphatic carbocycles. The third-order valence-corrected chi connectivity index (χ3v) is 7.74. The minimum Gasteiger partial charge on any atom is -0.508 e. The lowest BCUT2D eigenvalue weighted by molar-refractivity contribution is -0.118. The molecule has 1 amide bonds. The first-order chi connectivity index (χ1) is 16.0. The Balaban J connectivity index is 1.86. The van der Waals surface area contributed by atoms with Gasteiger partial charge < -0.3 is 25.4 Å². The van der Waals surface area contributed by atoms with Crippen molar-refractivity contribution in [2.45, 2.75) is 103 Å². The van der Waals surface area contributed by atoms with Crippen LogP contribution < -0.4 is 10.1 Å². The lowest BCUT2D eigenvalue weighted by atomic mass is 9.66. The smallest absolute Gasteiger partial charge is 0.246 e. The highest BCUT2D eigenvalue weighted by Gasteiger charge is 2.47. The van der Waals surface area contributed by atoms with Crippen molar-refractivity contribution in [2.24, 2.45) is 5.92 Å². The van der Waals surface area contributed by atoms with Crippen LogP contribution in [0.2, 0.25) is 0 Å². The molecule has 0 spiro atoms. The Hall–Kier alpha value is -2.05. The maximum Gasteiger partial charge on any atom is 0.246 e. The normalized spacial score (nSPS) is 22.1. The van der Waals surface area contributed by atoms with Crippen LogP contribution in [0.25, 0.3) is 0 Å². The monoisotopic (exact) mass is 473 g/mol. The second kappa shape index (κ2) is 10.7. The summed E-state index contributed by atoms with van der Waals surface area (Å²) in [7, 11) is 0. The Kier molecular flexibility index (Phi) is 8.35. The van der Waals surface area contributed by atoms with Crippen LogP contribution in [0.4, 0.5) is 0 Å². The second-order valence-electron chi connectivity index (χ2n) is 11.2. The Labute approximate surface area is 204 Å². The molecule has 0 unspecified atom stereocenters. The predicted molar refractivity (Wildman–Crippen MR) is 134 cm³/mol. The number of carbonyl (C=O) groups is 1. The number of aromatic hydroxyl groups is 1. The van der Waals surface area contributed by atoms with Gasteiger partial charge in [0.2, 0.25) is 5.91 Å². The van der Waals surface area contributed by atoms with Gasteiger partial charge >= 0.3 is 0 Å². The fourth-order valence-corrected chi connectivity index (χ4v) is 5.50. The first-order valence-corrected chi connectivity index (χ1v) is 12.8. The molecule has 2 aliphatic rings. The van der Waals surface area contributed by atoms with E-state index in [0.717, 1.165) is 29.7 Å². The summed E-state index contributed by atoms with van der Waals surface area (Å²) in [6, 6.07) is 4.00. The highest BCUT2D eigenvalue weighted by Crippen LogP contribution is 2.55. The largest absolute Gasteiger partial charge is 0.508 e. The number of phenols is 1. The van der Waals surface area contributed by atoms with E-state index < -0.39 is 18.3 Å². The Morgan fingerprint density at radius 2 is 2.00 bits per heavy atom. The number of aliphatic hydroxyl groups excluding tert-OH is 2. The fourth-order valence-electron chi connectivity index (χ4n) is 5.50. The van der Waals surface area contributed by atoms with Gasteiger partial charge in [-0.1, -0.05) is 52.5 Å². The molecule has 1 aromatic carbocycles. The Bertz CT molecular complexity index is 904. The molecular weight excluding hydrogens is 430 g/mol. The van der Waals surface area contributed by atoms with E-state index in [-0.39, 0.29) is 35.5 Å². The van der Waals surface area contributed by atoms with E-state index in [1.54, 1.807) is 0 Å². The van der Waals surface area contributed by atoms with Gasteiger partial charge in [-0.2, -0.15) is 0 Å². The van der Waals surface area contributed by atoms with E-state index >= 15 is 0 Å². The zero-order chi connectivity index (χ0) is 25.1. The van der Waals surface area contributed by atoms with Gasteiger partial charge in [0.25, 0.3) is 0 Å². The molecule has 0 saturated carbocycles. The molecular formula is C28H43NO5. The van der Waals surface area contributed by atoms with Gasteiger partial charge in [-0.25, -0.2) is 0 Å². The standard InChI is InChI=1S/C28H43NO5/c1-6-7-8-9-12-27(2,3)19-14-23(32)25-21-13-18(26(33)29-16-20(31)17-30)10-11-22(21)28(4,5)34-24(25)15-19/h10,14-15,20-22,30-32H,6-9,11-13,16-17H2,1-5H3,(H,29,33)/t20-,21+,22+/m0/s1. The number of nitrogens with one attached hydrogen (secondary N) is 1. The van der Waals surface area contributed by atoms with E-state index in [2.05, 4.69) is 46.0 Å². The number of hydrogen-bond donors (Lipinski definition) is 4. The maximum absolute atomic E-state index is 12.7. The maximum atomic E-state index is 12.7. The zero-order valence-corrected chi connectivity index (χ0v) is 21.5. The number of hydrogen-bond acceptors (Lipinski definition) is 5. The van der Waals surface area contributed by atoms with Crippen LogP contribution in [0.3, 0.4) is 0 Å². The number of amides is 1. The topological polar surface area (TPSA) is 99.0 Å². The summed E-state index contributed by atoms with van der Waals surface area (Å²) in [5, 5.41) is 32.5. The molecule has 34 heavy (non-hydrogen) atoms. The number of aliphatic hydroxyl groups is 2. The molecule has 6 heteroatoms. The lowest BCUT2D eigenvalue weighted by Crippen LogP contribution is -2.46. The van der Waals surface area contributed by atoms with Crippen molar-refractivity contribution in [1.29, 1.82) is 0 Å². The summed E-state index contributed by atoms with van der Waals surface area (Å²) >= 11 is 0. The molecule has 1 aliphatic heterocycles. The van der Waals surface area contributed by atoms with Crippen LogP contribution in [-0.2, 0) is 10.2 Å². The predicted octanol–water partition coefficient (Wildman–Crippen LogP) is 4.70. The van der Waals surface area contributed by atoms with Gasteiger partial charge in [0.15, 0.2) is 0 Å². The molecule has 190 valence electrons. The van der Waals surface area contributed by atoms with Gasteiger partial charge in [0.05, 0.1) is 12.7 Å². The number of ether oxygens (including phenoxy) is 1. The van der Waals surface area contributed by atoms with Gasteiger partial charge in [-0.3, -0.25) is 4.79 Å². The summed E-state index contributed by atoms with van der Waals surface area (Å²) in [5.74, 6) is 0.839. The summed E-state index contributed by atoms with van der Waals surface area (Å²) in [6.07, 6.45) is 8.02. The Morgan fingerprint density at radius 3 is 2.68 bits per heavy atom. The van der Waals surface area contributed by atoms with E-state index in [4.69, 9.17) is 9.84 Å². The van der Waals surface area contributed by atoms with Crippen LogP contribution in [-0.4, -0.2) is 46.1 Å². The molecule has 0 radical (unpaired) electrons. The third kappa shape index (κ3) is 5.77. The van der Waals surface area contributed by atoms with Crippen LogP contribution in [0.1, 0.15) is 96.6 Å². The summed E-state index contributed by atoms with van der Waals surface area (Å²) in [4.78, 5) is 12.7. The Morgan fingerprint density at radius 1 is 1.26 bits per heavy atom. The highest BCUT2D eigenvalue weighted by molar-refractivity contribution is 5.93. The van der Waals surface area contributed by atoms with Crippen LogP contribution in [0, 0.1) is 5.92 Å². The quantitative estimate of drug-likeness (QED) is 0.369. The average molecular weight is 474 g/mol. The van der Waals surface area contributed by atoms with E-state index in [1.807, 2.05) is 12.1 Å². The van der Waals surface area contributed by atoms with Crippen LogP contribution >= 0.6 is 0 Å². The van der Waals surface area contributed by atoms with Gasteiger partial charge in [-0.05, 0) is 56.2 Å². The number of carbonyl (C=O) groups excluding carboxylic acids is 1. The van der Waals surface area contributed by atoms with Gasteiger partial charge in [-0.15, -0.1) is 0 Å². The molecule has 0 bridgehead atoms. The van der Waals surface area contributed by atoms with Crippen LogP contribution in [0.5, 0.6) is 11.5 Å². The van der Waals surface area contributed by atoms with Crippen LogP contribution in [0.15, 0.2) is 23.8 Å². The lowest BCUT2D eigenvalue weighted by Gasteiger charge is -2.47. The van der Waals surface area contributed by atoms with Crippen molar-refractivity contribution in [3.63, 3.8) is 0 Å². The third-order valence-electron chi connectivity index (χ3n) is 7.74. The molecule has 6 nitrogen and oxygen atoms in total. The first-order valence-electron chi connectivity index (χ1n) is 12.8. The molecule has 0 fully saturated rings. The van der Waals surface area contributed by atoms with Gasteiger partial charge in [0.1, 0.15) is 17.1 Å². The molecule has 1 aromatic rings. The number of rotatable bonds is 10. The number of unbranched alkanes of at least 4 members (excludes halogenated alkanes) is 3. The summed E-state index contributed by atoms with van der Waals surface area (Å²) in [6.45, 7) is 10.5. The minimum absolute atomic E-state index is 0.00785. The van der Waals surface area contributed by atoms with E-state index in [0.29, 0.717) is 18.4 Å². The highest BCUT2D eigenvalue weighted by atomic mass is 16.5. The molecule has 0 saturated heterocycles. The number of fused-ring (bicyclic) bond motifs is 3. The van der Waals surface area contributed by atoms with Crippen molar-refractivity contribution in [2.75, 3.05) is 13.2 Å². The average Bonchev–Trinajstić information content (AvgIpc) is 2.78. The molecule has 4 N–H and O–H groups in total. The fraction of sp³-hybridized carbons (Fsp3) is 0.679. The first kappa shape index (κ1) is 26.6. The molecule has 1 heterocycles. The summed E-state index contributed by atoms with van der Waals surface area (Å²) in [5.41, 5.74) is 2.02. The minimum atomic E-state index is -0.976. The zero-order valence-electron chi connectivity index (χ0n) is 21.5. The van der Waals surface area contributed by atoms with Crippen molar-refractivity contribution < 1.29 is 24.9 Å².